The normalized spacial score (nSPS) is 15.6. The van der Waals surface area contributed by atoms with Gasteiger partial charge in [0.2, 0.25) is 5.79 Å². The molecule has 12 heavy (non-hydrogen) atoms. The molecule has 0 aliphatic rings. The average Bonchev–Trinajstić information content (AvgIpc) is 2.06. The first-order chi connectivity index (χ1) is 5.67. The number of rotatable bonds is 3. The van der Waals surface area contributed by atoms with Crippen molar-refractivity contribution in [2.75, 3.05) is 6.61 Å². The molecule has 3 heteroatoms. The molecule has 0 saturated heterocycles. The maximum absolute atomic E-state index is 9.70. The molecule has 0 saturated carbocycles. The molecular formula is C9H13NO2. The molecule has 0 amide bonds. The summed E-state index contributed by atoms with van der Waals surface area (Å²) in [5.74, 6) is -1.27. The molecule has 0 unspecified atom stereocenters. The van der Waals surface area contributed by atoms with Crippen molar-refractivity contribution in [1.29, 1.82) is 0 Å². The lowest BCUT2D eigenvalue weighted by Crippen LogP contribution is -2.26. The number of nitrogens with zero attached hydrogens (tertiary/aromatic N) is 1. The van der Waals surface area contributed by atoms with Crippen LogP contribution in [0.25, 0.3) is 0 Å². The molecule has 0 fully saturated rings. The standard InChI is InChI=1S/C9H13NO2/c1-3-12-9(2,11)8-6-4-5-7-10-8/h4-7,11H,3H2,1-2H3/t9-/m0/s1. The van der Waals surface area contributed by atoms with E-state index in [1.54, 1.807) is 25.3 Å². The first-order valence-corrected chi connectivity index (χ1v) is 3.94. The first-order valence-electron chi connectivity index (χ1n) is 3.94. The zero-order chi connectivity index (χ0) is 9.03. The van der Waals surface area contributed by atoms with Crippen molar-refractivity contribution in [3.8, 4) is 0 Å². The number of ether oxygens (including phenoxy) is 1. The Morgan fingerprint density at radius 1 is 1.58 bits per heavy atom. The Labute approximate surface area is 72.0 Å². The second-order valence-electron chi connectivity index (χ2n) is 2.63. The van der Waals surface area contributed by atoms with E-state index in [1.807, 2.05) is 13.0 Å². The molecule has 3 nitrogen and oxygen atoms in total. The summed E-state index contributed by atoms with van der Waals surface area (Å²) in [5.41, 5.74) is 0.534. The fourth-order valence-electron chi connectivity index (χ4n) is 0.992. The van der Waals surface area contributed by atoms with E-state index in [4.69, 9.17) is 4.74 Å². The summed E-state index contributed by atoms with van der Waals surface area (Å²) in [7, 11) is 0. The van der Waals surface area contributed by atoms with Crippen molar-refractivity contribution in [3.63, 3.8) is 0 Å². The number of pyridine rings is 1. The molecule has 0 aliphatic heterocycles. The zero-order valence-electron chi connectivity index (χ0n) is 7.32. The van der Waals surface area contributed by atoms with Crippen LogP contribution < -0.4 is 0 Å². The van der Waals surface area contributed by atoms with Crippen LogP contribution in [0.5, 0.6) is 0 Å². The summed E-state index contributed by atoms with van der Waals surface area (Å²) in [5, 5.41) is 9.70. The molecule has 1 N–H and O–H groups in total. The van der Waals surface area contributed by atoms with Crippen LogP contribution in [0.2, 0.25) is 0 Å². The summed E-state index contributed by atoms with van der Waals surface area (Å²) in [6.45, 7) is 3.87. The Morgan fingerprint density at radius 2 is 2.33 bits per heavy atom. The van der Waals surface area contributed by atoms with Crippen LogP contribution in [0.3, 0.4) is 0 Å². The highest BCUT2D eigenvalue weighted by molar-refractivity contribution is 5.08. The Morgan fingerprint density at radius 3 is 2.83 bits per heavy atom. The van der Waals surface area contributed by atoms with E-state index in [-0.39, 0.29) is 0 Å². The third-order valence-corrected chi connectivity index (χ3v) is 1.57. The van der Waals surface area contributed by atoms with E-state index >= 15 is 0 Å². The molecule has 0 aliphatic carbocycles. The number of hydrogen-bond donors (Lipinski definition) is 1. The molecule has 1 aromatic heterocycles. The van der Waals surface area contributed by atoms with Gasteiger partial charge < -0.3 is 9.84 Å². The van der Waals surface area contributed by atoms with Crippen molar-refractivity contribution < 1.29 is 9.84 Å². The van der Waals surface area contributed by atoms with E-state index in [2.05, 4.69) is 4.98 Å². The molecule has 0 spiro atoms. The summed E-state index contributed by atoms with van der Waals surface area (Å²) in [4.78, 5) is 3.99. The van der Waals surface area contributed by atoms with Gasteiger partial charge in [-0.2, -0.15) is 0 Å². The van der Waals surface area contributed by atoms with Gasteiger partial charge in [0.1, 0.15) is 0 Å². The molecule has 0 radical (unpaired) electrons. The van der Waals surface area contributed by atoms with Gasteiger partial charge in [-0.3, -0.25) is 4.98 Å². The molecule has 1 rings (SSSR count). The van der Waals surface area contributed by atoms with E-state index < -0.39 is 5.79 Å². The van der Waals surface area contributed by atoms with Gasteiger partial charge in [0.25, 0.3) is 0 Å². The van der Waals surface area contributed by atoms with E-state index in [1.165, 1.54) is 0 Å². The minimum absolute atomic E-state index is 0.462. The highest BCUT2D eigenvalue weighted by Gasteiger charge is 2.23. The van der Waals surface area contributed by atoms with Crippen molar-refractivity contribution in [2.45, 2.75) is 19.6 Å². The highest BCUT2D eigenvalue weighted by atomic mass is 16.6. The lowest BCUT2D eigenvalue weighted by atomic mass is 10.2. The first kappa shape index (κ1) is 9.16. The van der Waals surface area contributed by atoms with Gasteiger partial charge in [0.15, 0.2) is 0 Å². The minimum atomic E-state index is -1.27. The molecule has 0 aromatic carbocycles. The van der Waals surface area contributed by atoms with E-state index in [0.717, 1.165) is 0 Å². The fraction of sp³-hybridized carbons (Fsp3) is 0.444. The molecule has 1 atom stereocenters. The minimum Gasteiger partial charge on any atom is -0.361 e. The lowest BCUT2D eigenvalue weighted by Gasteiger charge is -2.21. The van der Waals surface area contributed by atoms with Crippen molar-refractivity contribution in [3.05, 3.63) is 30.1 Å². The second-order valence-corrected chi connectivity index (χ2v) is 2.63. The van der Waals surface area contributed by atoms with E-state index in [9.17, 15) is 5.11 Å². The van der Waals surface area contributed by atoms with Crippen LogP contribution >= 0.6 is 0 Å². The van der Waals surface area contributed by atoms with Gasteiger partial charge in [-0.25, -0.2) is 0 Å². The third-order valence-electron chi connectivity index (χ3n) is 1.57. The Balaban J connectivity index is 2.82. The topological polar surface area (TPSA) is 42.4 Å². The average molecular weight is 167 g/mol. The van der Waals surface area contributed by atoms with Gasteiger partial charge in [0.05, 0.1) is 5.69 Å². The van der Waals surface area contributed by atoms with Crippen LogP contribution in [-0.2, 0) is 10.5 Å². The molecule has 0 bridgehead atoms. The van der Waals surface area contributed by atoms with Gasteiger partial charge in [0, 0.05) is 12.8 Å². The number of hydrogen-bond acceptors (Lipinski definition) is 3. The molecule has 66 valence electrons. The van der Waals surface area contributed by atoms with Gasteiger partial charge >= 0.3 is 0 Å². The van der Waals surface area contributed by atoms with Crippen molar-refractivity contribution in [2.24, 2.45) is 0 Å². The monoisotopic (exact) mass is 167 g/mol. The Kier molecular flexibility index (Phi) is 2.78. The van der Waals surface area contributed by atoms with Gasteiger partial charge in [-0.1, -0.05) is 6.07 Å². The van der Waals surface area contributed by atoms with Crippen LogP contribution in [-0.4, -0.2) is 16.7 Å². The largest absolute Gasteiger partial charge is 0.361 e. The Bertz CT molecular complexity index is 234. The lowest BCUT2D eigenvalue weighted by molar-refractivity contribution is -0.198. The molecule has 1 heterocycles. The Hall–Kier alpha value is -0.930. The summed E-state index contributed by atoms with van der Waals surface area (Å²) in [6, 6.07) is 5.34. The zero-order valence-corrected chi connectivity index (χ0v) is 7.32. The van der Waals surface area contributed by atoms with Crippen molar-refractivity contribution in [1.82, 2.24) is 4.98 Å². The van der Waals surface area contributed by atoms with Crippen LogP contribution in [0, 0.1) is 0 Å². The van der Waals surface area contributed by atoms with Crippen LogP contribution in [0.15, 0.2) is 24.4 Å². The summed E-state index contributed by atoms with van der Waals surface area (Å²) < 4.78 is 5.11. The van der Waals surface area contributed by atoms with Gasteiger partial charge in [-0.05, 0) is 26.0 Å². The van der Waals surface area contributed by atoms with E-state index in [0.29, 0.717) is 12.3 Å². The maximum Gasteiger partial charge on any atom is 0.206 e. The number of aromatic nitrogens is 1. The van der Waals surface area contributed by atoms with Crippen molar-refractivity contribution >= 4 is 0 Å². The summed E-state index contributed by atoms with van der Waals surface area (Å²) in [6.07, 6.45) is 1.63. The predicted octanol–water partition coefficient (Wildman–Crippen LogP) is 1.28. The maximum atomic E-state index is 9.70. The quantitative estimate of drug-likeness (QED) is 0.689. The summed E-state index contributed by atoms with van der Waals surface area (Å²) >= 11 is 0. The number of aliphatic hydroxyl groups is 1. The fourth-order valence-corrected chi connectivity index (χ4v) is 0.992. The molecule has 1 aromatic rings. The molecular weight excluding hydrogens is 154 g/mol. The third kappa shape index (κ3) is 2.03. The second kappa shape index (κ2) is 3.65. The van der Waals surface area contributed by atoms with Gasteiger partial charge in [-0.15, -0.1) is 0 Å². The SMILES string of the molecule is CCO[C@](C)(O)c1ccccn1. The smallest absolute Gasteiger partial charge is 0.206 e. The van der Waals surface area contributed by atoms with Crippen LogP contribution in [0.4, 0.5) is 0 Å². The predicted molar refractivity (Wildman–Crippen MR) is 45.4 cm³/mol. The highest BCUT2D eigenvalue weighted by Crippen LogP contribution is 2.18. The van der Waals surface area contributed by atoms with Crippen LogP contribution in [0.1, 0.15) is 19.5 Å².